The molecule has 0 unspecified atom stereocenters. The molecule has 72 valence electrons. The lowest BCUT2D eigenvalue weighted by Crippen LogP contribution is -2.19. The standard InChI is InChI=1S/C10H19BrS/c1-2-12-8-7-10(9-11)5-3-4-6-10/h2-9H2,1H3. The first-order chi connectivity index (χ1) is 5.83. The Kier molecular flexibility index (Phi) is 5.03. The summed E-state index contributed by atoms with van der Waals surface area (Å²) in [5, 5.41) is 1.23. The average molecular weight is 251 g/mol. The van der Waals surface area contributed by atoms with E-state index >= 15 is 0 Å². The Labute approximate surface area is 89.0 Å². The van der Waals surface area contributed by atoms with Crippen LogP contribution in [0.2, 0.25) is 0 Å². The van der Waals surface area contributed by atoms with Gasteiger partial charge in [-0.1, -0.05) is 35.7 Å². The fourth-order valence-electron chi connectivity index (χ4n) is 2.01. The van der Waals surface area contributed by atoms with Crippen molar-refractivity contribution < 1.29 is 0 Å². The maximum absolute atomic E-state index is 3.68. The Morgan fingerprint density at radius 1 is 1.33 bits per heavy atom. The van der Waals surface area contributed by atoms with E-state index in [0.29, 0.717) is 5.41 Å². The Bertz CT molecular complexity index is 119. The number of alkyl halides is 1. The lowest BCUT2D eigenvalue weighted by molar-refractivity contribution is 0.338. The third kappa shape index (κ3) is 2.95. The molecule has 12 heavy (non-hydrogen) atoms. The van der Waals surface area contributed by atoms with Crippen LogP contribution in [-0.2, 0) is 0 Å². The van der Waals surface area contributed by atoms with Gasteiger partial charge in [-0.2, -0.15) is 11.8 Å². The predicted octanol–water partition coefficient (Wildman–Crippen LogP) is 4.08. The van der Waals surface area contributed by atoms with Crippen LogP contribution in [0.3, 0.4) is 0 Å². The molecular formula is C10H19BrS. The van der Waals surface area contributed by atoms with Crippen LogP contribution in [0.1, 0.15) is 39.0 Å². The second-order valence-corrected chi connectivity index (χ2v) is 5.74. The summed E-state index contributed by atoms with van der Waals surface area (Å²) in [5.74, 6) is 2.64. The van der Waals surface area contributed by atoms with Gasteiger partial charge in [0.25, 0.3) is 0 Å². The van der Waals surface area contributed by atoms with Crippen molar-refractivity contribution in [3.8, 4) is 0 Å². The first-order valence-electron chi connectivity index (χ1n) is 4.97. The summed E-state index contributed by atoms with van der Waals surface area (Å²) >= 11 is 5.76. The van der Waals surface area contributed by atoms with Crippen molar-refractivity contribution in [1.29, 1.82) is 0 Å². The zero-order valence-electron chi connectivity index (χ0n) is 7.94. The van der Waals surface area contributed by atoms with Gasteiger partial charge < -0.3 is 0 Å². The Balaban J connectivity index is 2.24. The van der Waals surface area contributed by atoms with E-state index in [1.807, 2.05) is 0 Å². The van der Waals surface area contributed by atoms with Crippen LogP contribution in [0.5, 0.6) is 0 Å². The number of thioether (sulfide) groups is 1. The molecule has 0 amide bonds. The van der Waals surface area contributed by atoms with Crippen LogP contribution in [0.15, 0.2) is 0 Å². The molecule has 0 aromatic heterocycles. The van der Waals surface area contributed by atoms with Crippen LogP contribution in [0.25, 0.3) is 0 Å². The molecule has 0 spiro atoms. The zero-order chi connectivity index (χ0) is 8.86. The van der Waals surface area contributed by atoms with E-state index in [0.717, 1.165) is 0 Å². The van der Waals surface area contributed by atoms with Crippen molar-refractivity contribution in [2.45, 2.75) is 39.0 Å². The van der Waals surface area contributed by atoms with Crippen LogP contribution < -0.4 is 0 Å². The number of rotatable bonds is 5. The van der Waals surface area contributed by atoms with E-state index in [4.69, 9.17) is 0 Å². The highest BCUT2D eigenvalue weighted by molar-refractivity contribution is 9.09. The Morgan fingerprint density at radius 2 is 2.00 bits per heavy atom. The monoisotopic (exact) mass is 250 g/mol. The quantitative estimate of drug-likeness (QED) is 0.524. The van der Waals surface area contributed by atoms with E-state index in [-0.39, 0.29) is 0 Å². The van der Waals surface area contributed by atoms with Gasteiger partial charge in [-0.3, -0.25) is 0 Å². The van der Waals surface area contributed by atoms with Crippen molar-refractivity contribution in [1.82, 2.24) is 0 Å². The molecule has 1 aliphatic rings. The summed E-state index contributed by atoms with van der Waals surface area (Å²) in [6.07, 6.45) is 7.27. The number of hydrogen-bond acceptors (Lipinski definition) is 1. The third-order valence-electron chi connectivity index (χ3n) is 2.93. The molecule has 0 heterocycles. The molecule has 1 saturated carbocycles. The van der Waals surface area contributed by atoms with Gasteiger partial charge in [0.15, 0.2) is 0 Å². The minimum atomic E-state index is 0.683. The summed E-state index contributed by atoms with van der Waals surface area (Å²) in [4.78, 5) is 0. The van der Waals surface area contributed by atoms with E-state index in [1.54, 1.807) is 0 Å². The molecule has 0 radical (unpaired) electrons. The highest BCUT2D eigenvalue weighted by Crippen LogP contribution is 2.43. The summed E-state index contributed by atoms with van der Waals surface area (Å²) in [7, 11) is 0. The van der Waals surface area contributed by atoms with Gasteiger partial charge in [-0.25, -0.2) is 0 Å². The molecule has 0 nitrogen and oxygen atoms in total. The summed E-state index contributed by atoms with van der Waals surface area (Å²) in [6, 6.07) is 0. The Hall–Kier alpha value is 0.830. The van der Waals surface area contributed by atoms with Crippen LogP contribution in [-0.4, -0.2) is 16.8 Å². The average Bonchev–Trinajstić information content (AvgIpc) is 2.55. The fourth-order valence-corrected chi connectivity index (χ4v) is 3.72. The van der Waals surface area contributed by atoms with E-state index in [2.05, 4.69) is 34.6 Å². The molecule has 0 aromatic carbocycles. The summed E-state index contributed by atoms with van der Waals surface area (Å²) in [5.41, 5.74) is 0.683. The smallest absolute Gasteiger partial charge is 0.00882 e. The molecule has 2 heteroatoms. The predicted molar refractivity (Wildman–Crippen MR) is 62.3 cm³/mol. The largest absolute Gasteiger partial charge is 0.162 e. The second-order valence-electron chi connectivity index (χ2n) is 3.79. The second kappa shape index (κ2) is 5.54. The number of halogens is 1. The van der Waals surface area contributed by atoms with Gasteiger partial charge in [-0.15, -0.1) is 0 Å². The van der Waals surface area contributed by atoms with E-state index in [9.17, 15) is 0 Å². The molecule has 1 rings (SSSR count). The van der Waals surface area contributed by atoms with Crippen molar-refractivity contribution in [2.24, 2.45) is 5.41 Å². The highest BCUT2D eigenvalue weighted by Gasteiger charge is 2.31. The van der Waals surface area contributed by atoms with Crippen LogP contribution in [0, 0.1) is 5.41 Å². The van der Waals surface area contributed by atoms with Crippen molar-refractivity contribution in [3.63, 3.8) is 0 Å². The first-order valence-corrected chi connectivity index (χ1v) is 7.24. The molecule has 0 bridgehead atoms. The molecule has 0 atom stereocenters. The molecule has 1 fully saturated rings. The summed E-state index contributed by atoms with van der Waals surface area (Å²) < 4.78 is 0. The maximum Gasteiger partial charge on any atom is 0.00882 e. The van der Waals surface area contributed by atoms with Crippen molar-refractivity contribution in [2.75, 3.05) is 16.8 Å². The lowest BCUT2D eigenvalue weighted by Gasteiger charge is -2.25. The minimum Gasteiger partial charge on any atom is -0.162 e. The van der Waals surface area contributed by atoms with Gasteiger partial charge in [0.05, 0.1) is 0 Å². The van der Waals surface area contributed by atoms with Crippen molar-refractivity contribution >= 4 is 27.7 Å². The van der Waals surface area contributed by atoms with Gasteiger partial charge >= 0.3 is 0 Å². The molecule has 0 aliphatic heterocycles. The molecule has 1 aliphatic carbocycles. The number of hydrogen-bond donors (Lipinski definition) is 0. The zero-order valence-corrected chi connectivity index (χ0v) is 10.3. The maximum atomic E-state index is 3.68. The molecule has 0 aromatic rings. The normalized spacial score (nSPS) is 21.5. The third-order valence-corrected chi connectivity index (χ3v) is 5.02. The minimum absolute atomic E-state index is 0.683. The lowest BCUT2D eigenvalue weighted by atomic mass is 9.86. The van der Waals surface area contributed by atoms with Crippen LogP contribution >= 0.6 is 27.7 Å². The molecule has 0 saturated heterocycles. The van der Waals surface area contributed by atoms with Crippen LogP contribution in [0.4, 0.5) is 0 Å². The Morgan fingerprint density at radius 3 is 2.50 bits per heavy atom. The highest BCUT2D eigenvalue weighted by atomic mass is 79.9. The summed E-state index contributed by atoms with van der Waals surface area (Å²) in [6.45, 7) is 2.25. The van der Waals surface area contributed by atoms with E-state index < -0.39 is 0 Å². The van der Waals surface area contributed by atoms with Crippen molar-refractivity contribution in [3.05, 3.63) is 0 Å². The molecule has 0 N–H and O–H groups in total. The van der Waals surface area contributed by atoms with Gasteiger partial charge in [-0.05, 0) is 36.2 Å². The topological polar surface area (TPSA) is 0 Å². The molecular weight excluding hydrogens is 232 g/mol. The van der Waals surface area contributed by atoms with Gasteiger partial charge in [0, 0.05) is 5.33 Å². The van der Waals surface area contributed by atoms with Gasteiger partial charge in [0.1, 0.15) is 0 Å². The fraction of sp³-hybridized carbons (Fsp3) is 1.00. The SMILES string of the molecule is CCSCCC1(CBr)CCCC1. The van der Waals surface area contributed by atoms with Gasteiger partial charge in [0.2, 0.25) is 0 Å². The first kappa shape index (κ1) is 10.9. The van der Waals surface area contributed by atoms with E-state index in [1.165, 1.54) is 48.9 Å².